The molecule has 2 aliphatic heterocycles. The molecule has 3 fully saturated rings. The van der Waals surface area contributed by atoms with Crippen LogP contribution in [-0.2, 0) is 10.2 Å². The molecule has 156 valence electrons. The number of likely N-dealkylation sites (tertiary alicyclic amines) is 1. The zero-order chi connectivity index (χ0) is 18.6. The molecule has 5 nitrogen and oxygen atoms in total. The van der Waals surface area contributed by atoms with Crippen LogP contribution in [0.1, 0.15) is 44.1 Å². The first-order chi connectivity index (χ1) is 13.3. The quantitative estimate of drug-likeness (QED) is 0.360. The van der Waals surface area contributed by atoms with Crippen molar-refractivity contribution in [1.82, 2.24) is 15.5 Å². The number of hydrogen-bond donors (Lipinski definition) is 2. The molecule has 0 atom stereocenters. The third kappa shape index (κ3) is 4.82. The van der Waals surface area contributed by atoms with Crippen LogP contribution in [0.15, 0.2) is 35.3 Å². The molecule has 0 amide bonds. The molecule has 2 saturated heterocycles. The maximum absolute atomic E-state index is 5.67. The zero-order valence-electron chi connectivity index (χ0n) is 17.1. The lowest BCUT2D eigenvalue weighted by Gasteiger charge is -2.45. The smallest absolute Gasteiger partial charge is 0.191 e. The molecular weight excluding hydrogens is 463 g/mol. The number of rotatable bonds is 6. The van der Waals surface area contributed by atoms with E-state index in [9.17, 15) is 0 Å². The number of guanidine groups is 1. The summed E-state index contributed by atoms with van der Waals surface area (Å²) in [7, 11) is 1.88. The Labute approximate surface area is 186 Å². The highest BCUT2D eigenvalue weighted by molar-refractivity contribution is 14.0. The number of benzene rings is 1. The highest BCUT2D eigenvalue weighted by Gasteiger charge is 2.44. The Bertz CT molecular complexity index is 635. The second-order valence-electron chi connectivity index (χ2n) is 8.46. The minimum Gasteiger partial charge on any atom is -0.381 e. The van der Waals surface area contributed by atoms with E-state index >= 15 is 0 Å². The van der Waals surface area contributed by atoms with Gasteiger partial charge < -0.3 is 15.4 Å². The Morgan fingerprint density at radius 2 is 1.64 bits per heavy atom. The Hall–Kier alpha value is -0.860. The standard InChI is InChI=1S/C22H34N4O.HI/c1-23-20(24-17-21(9-10-21)19-7-3-2-4-8-19)25-18-22(11-15-27-16-12-22)26-13-5-6-14-26;/h2-4,7-8H,5-6,9-18H2,1H3,(H2,23,24,25);1H. The van der Waals surface area contributed by atoms with Crippen molar-refractivity contribution in [2.45, 2.75) is 49.5 Å². The summed E-state index contributed by atoms with van der Waals surface area (Å²) < 4.78 is 5.67. The SMILES string of the molecule is CN=C(NCC1(c2ccccc2)CC1)NCC1(N2CCCC2)CCOCC1.I. The Morgan fingerprint density at radius 3 is 2.25 bits per heavy atom. The van der Waals surface area contributed by atoms with Crippen LogP contribution in [-0.4, -0.2) is 62.8 Å². The molecule has 2 N–H and O–H groups in total. The van der Waals surface area contributed by atoms with Crippen molar-refractivity contribution < 1.29 is 4.74 Å². The molecule has 1 aromatic rings. The van der Waals surface area contributed by atoms with Crippen LogP contribution in [0, 0.1) is 0 Å². The van der Waals surface area contributed by atoms with Gasteiger partial charge in [0.1, 0.15) is 0 Å². The van der Waals surface area contributed by atoms with E-state index in [1.807, 2.05) is 7.05 Å². The summed E-state index contributed by atoms with van der Waals surface area (Å²) in [4.78, 5) is 7.20. The predicted molar refractivity (Wildman–Crippen MR) is 126 cm³/mol. The van der Waals surface area contributed by atoms with E-state index in [-0.39, 0.29) is 29.5 Å². The van der Waals surface area contributed by atoms with E-state index in [1.165, 1.54) is 44.3 Å². The number of nitrogens with zero attached hydrogens (tertiary/aromatic N) is 2. The molecule has 3 aliphatic rings. The maximum atomic E-state index is 5.67. The summed E-state index contributed by atoms with van der Waals surface area (Å²) in [5.41, 5.74) is 1.97. The van der Waals surface area contributed by atoms with Crippen molar-refractivity contribution in [2.75, 3.05) is 46.4 Å². The molecule has 28 heavy (non-hydrogen) atoms. The number of aliphatic imine (C=N–C) groups is 1. The van der Waals surface area contributed by atoms with Gasteiger partial charge in [0.2, 0.25) is 0 Å². The molecule has 6 heteroatoms. The van der Waals surface area contributed by atoms with Gasteiger partial charge in [-0.3, -0.25) is 9.89 Å². The van der Waals surface area contributed by atoms with Crippen molar-refractivity contribution in [1.29, 1.82) is 0 Å². The largest absolute Gasteiger partial charge is 0.381 e. The van der Waals surface area contributed by atoms with Gasteiger partial charge >= 0.3 is 0 Å². The second kappa shape index (κ2) is 9.76. The van der Waals surface area contributed by atoms with Gasteiger partial charge in [-0.05, 0) is 57.2 Å². The fourth-order valence-corrected chi connectivity index (χ4v) is 4.78. The minimum absolute atomic E-state index is 0. The lowest BCUT2D eigenvalue weighted by atomic mass is 9.88. The molecule has 0 radical (unpaired) electrons. The normalized spacial score (nSPS) is 23.7. The van der Waals surface area contributed by atoms with Crippen LogP contribution >= 0.6 is 24.0 Å². The van der Waals surface area contributed by atoms with E-state index in [0.29, 0.717) is 5.41 Å². The molecule has 0 bridgehead atoms. The maximum Gasteiger partial charge on any atom is 0.191 e. The average molecular weight is 498 g/mol. The van der Waals surface area contributed by atoms with Gasteiger partial charge in [-0.25, -0.2) is 0 Å². The topological polar surface area (TPSA) is 48.9 Å². The molecule has 0 unspecified atom stereocenters. The third-order valence-electron chi connectivity index (χ3n) is 6.84. The minimum atomic E-state index is 0. The van der Waals surface area contributed by atoms with Crippen molar-refractivity contribution >= 4 is 29.9 Å². The van der Waals surface area contributed by atoms with Crippen LogP contribution in [0.25, 0.3) is 0 Å². The van der Waals surface area contributed by atoms with Crippen LogP contribution in [0.3, 0.4) is 0 Å². The molecule has 1 aromatic carbocycles. The van der Waals surface area contributed by atoms with E-state index in [0.717, 1.165) is 45.1 Å². The van der Waals surface area contributed by atoms with Crippen LogP contribution in [0.4, 0.5) is 0 Å². The highest BCUT2D eigenvalue weighted by atomic mass is 127. The number of ether oxygens (including phenoxy) is 1. The summed E-state index contributed by atoms with van der Waals surface area (Å²) in [5.74, 6) is 0.933. The van der Waals surface area contributed by atoms with Crippen LogP contribution in [0.2, 0.25) is 0 Å². The Kier molecular flexibility index (Phi) is 7.61. The van der Waals surface area contributed by atoms with Crippen molar-refractivity contribution in [3.05, 3.63) is 35.9 Å². The van der Waals surface area contributed by atoms with Crippen LogP contribution < -0.4 is 10.6 Å². The van der Waals surface area contributed by atoms with Gasteiger partial charge in [-0.2, -0.15) is 0 Å². The second-order valence-corrected chi connectivity index (χ2v) is 8.46. The molecule has 0 aromatic heterocycles. The highest BCUT2D eigenvalue weighted by Crippen LogP contribution is 2.47. The fourth-order valence-electron chi connectivity index (χ4n) is 4.78. The van der Waals surface area contributed by atoms with Gasteiger partial charge in [0, 0.05) is 44.3 Å². The van der Waals surface area contributed by atoms with E-state index in [4.69, 9.17) is 4.74 Å². The molecule has 2 heterocycles. The van der Waals surface area contributed by atoms with Gasteiger partial charge in [-0.15, -0.1) is 24.0 Å². The number of nitrogens with one attached hydrogen (secondary N) is 2. The summed E-state index contributed by atoms with van der Waals surface area (Å²) >= 11 is 0. The Morgan fingerprint density at radius 1 is 1.00 bits per heavy atom. The molecule has 4 rings (SSSR count). The molecule has 1 aliphatic carbocycles. The first-order valence-electron chi connectivity index (χ1n) is 10.6. The van der Waals surface area contributed by atoms with E-state index < -0.39 is 0 Å². The number of halogens is 1. The third-order valence-corrected chi connectivity index (χ3v) is 6.84. The van der Waals surface area contributed by atoms with Gasteiger partial charge in [0.15, 0.2) is 5.96 Å². The predicted octanol–water partition coefficient (Wildman–Crippen LogP) is 3.15. The molecule has 1 saturated carbocycles. The van der Waals surface area contributed by atoms with E-state index in [2.05, 4.69) is 50.9 Å². The Balaban J connectivity index is 0.00000225. The van der Waals surface area contributed by atoms with Crippen molar-refractivity contribution in [3.63, 3.8) is 0 Å². The summed E-state index contributed by atoms with van der Waals surface area (Å²) in [5, 5.41) is 7.26. The summed E-state index contributed by atoms with van der Waals surface area (Å²) in [6.07, 6.45) is 7.41. The summed E-state index contributed by atoms with van der Waals surface area (Å²) in [6, 6.07) is 10.9. The number of hydrogen-bond acceptors (Lipinski definition) is 3. The fraction of sp³-hybridized carbons (Fsp3) is 0.682. The lowest BCUT2D eigenvalue weighted by molar-refractivity contribution is -0.0164. The van der Waals surface area contributed by atoms with Gasteiger partial charge in [0.25, 0.3) is 0 Å². The molecular formula is C22H35IN4O. The zero-order valence-corrected chi connectivity index (χ0v) is 19.4. The monoisotopic (exact) mass is 498 g/mol. The van der Waals surface area contributed by atoms with Crippen LogP contribution in [0.5, 0.6) is 0 Å². The van der Waals surface area contributed by atoms with Crippen molar-refractivity contribution in [2.24, 2.45) is 4.99 Å². The van der Waals surface area contributed by atoms with Gasteiger partial charge in [-0.1, -0.05) is 30.3 Å². The van der Waals surface area contributed by atoms with Crippen molar-refractivity contribution in [3.8, 4) is 0 Å². The summed E-state index contributed by atoms with van der Waals surface area (Å²) in [6.45, 7) is 6.11. The first kappa shape index (κ1) is 21.8. The first-order valence-corrected chi connectivity index (χ1v) is 10.6. The average Bonchev–Trinajstić information content (AvgIpc) is 3.31. The van der Waals surface area contributed by atoms with E-state index in [1.54, 1.807) is 0 Å². The lowest BCUT2D eigenvalue weighted by Crippen LogP contribution is -2.58. The molecule has 0 spiro atoms. The van der Waals surface area contributed by atoms with Gasteiger partial charge in [0.05, 0.1) is 0 Å².